The van der Waals surface area contributed by atoms with Crippen LogP contribution in [-0.2, 0) is 14.3 Å². The second-order valence-electron chi connectivity index (χ2n) is 4.74. The van der Waals surface area contributed by atoms with Crippen molar-refractivity contribution in [3.8, 4) is 6.07 Å². The molecule has 0 aliphatic carbocycles. The van der Waals surface area contributed by atoms with E-state index in [1.165, 1.54) is 12.1 Å². The molecule has 0 aliphatic heterocycles. The molecule has 0 fully saturated rings. The molecule has 0 aliphatic rings. The molecule has 1 aromatic rings. The van der Waals surface area contributed by atoms with E-state index in [2.05, 4.69) is 0 Å². The van der Waals surface area contributed by atoms with Crippen LogP contribution in [0, 0.1) is 16.7 Å². The fraction of sp³-hybridized carbons (Fsp3) is 0.417. The molecule has 0 bridgehead atoms. The summed E-state index contributed by atoms with van der Waals surface area (Å²) in [6, 6.07) is 9.66. The third kappa shape index (κ3) is 3.55. The summed E-state index contributed by atoms with van der Waals surface area (Å²) in [4.78, 5) is 0.0597. The van der Waals surface area contributed by atoms with Gasteiger partial charge in [0.1, 0.15) is 0 Å². The van der Waals surface area contributed by atoms with Crippen LogP contribution in [0.2, 0.25) is 0 Å². The lowest BCUT2D eigenvalue weighted by atomic mass is 9.90. The van der Waals surface area contributed by atoms with Crippen LogP contribution < -0.4 is 0 Å². The summed E-state index contributed by atoms with van der Waals surface area (Å²) in [7, 11) is -3.88. The minimum Gasteiger partial charge on any atom is -0.247 e. The Morgan fingerprint density at radius 3 is 2.18 bits per heavy atom. The van der Waals surface area contributed by atoms with Crippen LogP contribution in [0.5, 0.6) is 0 Å². The van der Waals surface area contributed by atoms with Gasteiger partial charge in [0.05, 0.1) is 11.0 Å². The Kier molecular flexibility index (Phi) is 3.91. The maximum Gasteiger partial charge on any atom is 0.298 e. The van der Waals surface area contributed by atoms with E-state index in [4.69, 9.17) is 9.44 Å². The molecular formula is C12H15NO3S. The lowest BCUT2D eigenvalue weighted by Gasteiger charge is -2.23. The smallest absolute Gasteiger partial charge is 0.247 e. The van der Waals surface area contributed by atoms with Gasteiger partial charge in [-0.15, -0.1) is 0 Å². The molecule has 4 nitrogen and oxygen atoms in total. The minimum atomic E-state index is -3.88. The summed E-state index contributed by atoms with van der Waals surface area (Å²) < 4.78 is 28.7. The fourth-order valence-corrected chi connectivity index (χ4v) is 2.32. The second-order valence-corrected chi connectivity index (χ2v) is 6.31. The largest absolute Gasteiger partial charge is 0.298 e. The van der Waals surface area contributed by atoms with Gasteiger partial charge in [-0.3, -0.25) is 0 Å². The van der Waals surface area contributed by atoms with E-state index in [1.54, 1.807) is 39.0 Å². The number of hydrogen-bond acceptors (Lipinski definition) is 4. The lowest BCUT2D eigenvalue weighted by molar-refractivity contribution is 0.141. The van der Waals surface area contributed by atoms with Crippen LogP contribution >= 0.6 is 0 Å². The van der Waals surface area contributed by atoms with Gasteiger partial charge in [-0.25, -0.2) is 4.18 Å². The van der Waals surface area contributed by atoms with Crippen molar-refractivity contribution in [3.05, 3.63) is 30.3 Å². The van der Waals surface area contributed by atoms with Crippen LogP contribution in [0.4, 0.5) is 0 Å². The Morgan fingerprint density at radius 1 is 1.24 bits per heavy atom. The second kappa shape index (κ2) is 4.86. The monoisotopic (exact) mass is 253 g/mol. The highest BCUT2D eigenvalue weighted by atomic mass is 32.2. The van der Waals surface area contributed by atoms with E-state index in [0.717, 1.165) is 0 Å². The van der Waals surface area contributed by atoms with Crippen LogP contribution in [0.3, 0.4) is 0 Å². The third-order valence-corrected chi connectivity index (χ3v) is 3.45. The molecular weight excluding hydrogens is 238 g/mol. The molecule has 0 amide bonds. The standard InChI is InChI=1S/C12H15NO3S/c1-12(2,3)11(9-13)16-17(14,15)10-7-5-4-6-8-10/h4-8,11H,1-3H3/t11-/m0/s1. The maximum atomic E-state index is 11.9. The zero-order valence-corrected chi connectivity index (χ0v) is 10.9. The van der Waals surface area contributed by atoms with Gasteiger partial charge >= 0.3 is 0 Å². The van der Waals surface area contributed by atoms with E-state index < -0.39 is 21.6 Å². The zero-order chi connectivity index (χ0) is 13.1. The number of hydrogen-bond donors (Lipinski definition) is 0. The summed E-state index contributed by atoms with van der Waals surface area (Å²) in [5, 5.41) is 8.93. The first-order valence-corrected chi connectivity index (χ1v) is 6.56. The van der Waals surface area contributed by atoms with Crippen LogP contribution in [0.15, 0.2) is 35.2 Å². The molecule has 92 valence electrons. The number of nitriles is 1. The normalized spacial score (nSPS) is 14.0. The van der Waals surface area contributed by atoms with E-state index in [-0.39, 0.29) is 4.90 Å². The van der Waals surface area contributed by atoms with Crippen LogP contribution in [0.1, 0.15) is 20.8 Å². The molecule has 0 N–H and O–H groups in total. The Hall–Kier alpha value is -1.38. The number of nitrogens with zero attached hydrogens (tertiary/aromatic N) is 1. The molecule has 0 saturated heterocycles. The van der Waals surface area contributed by atoms with Crippen molar-refractivity contribution >= 4 is 10.1 Å². The van der Waals surface area contributed by atoms with Crippen molar-refractivity contribution in [2.24, 2.45) is 5.41 Å². The van der Waals surface area contributed by atoms with Crippen molar-refractivity contribution in [3.63, 3.8) is 0 Å². The quantitative estimate of drug-likeness (QED) is 0.775. The Labute approximate surface area is 102 Å². The molecule has 1 atom stereocenters. The van der Waals surface area contributed by atoms with Gasteiger partial charge in [0.2, 0.25) is 0 Å². The average Bonchev–Trinajstić information content (AvgIpc) is 2.25. The first kappa shape index (κ1) is 13.7. The first-order chi connectivity index (χ1) is 7.77. The van der Waals surface area contributed by atoms with Gasteiger partial charge in [0.25, 0.3) is 10.1 Å². The van der Waals surface area contributed by atoms with Gasteiger partial charge in [-0.1, -0.05) is 39.0 Å². The summed E-state index contributed by atoms with van der Waals surface area (Å²) >= 11 is 0. The molecule has 0 aromatic heterocycles. The predicted molar refractivity (Wildman–Crippen MR) is 63.6 cm³/mol. The highest BCUT2D eigenvalue weighted by molar-refractivity contribution is 7.86. The van der Waals surface area contributed by atoms with Crippen molar-refractivity contribution < 1.29 is 12.6 Å². The van der Waals surface area contributed by atoms with Crippen LogP contribution in [-0.4, -0.2) is 14.5 Å². The molecule has 17 heavy (non-hydrogen) atoms. The van der Waals surface area contributed by atoms with Crippen LogP contribution in [0.25, 0.3) is 0 Å². The average molecular weight is 253 g/mol. The summed E-state index contributed by atoms with van der Waals surface area (Å²) in [6.07, 6.45) is -1.01. The summed E-state index contributed by atoms with van der Waals surface area (Å²) in [5.74, 6) is 0. The van der Waals surface area contributed by atoms with E-state index >= 15 is 0 Å². The van der Waals surface area contributed by atoms with Gasteiger partial charge in [0.15, 0.2) is 6.10 Å². The number of rotatable bonds is 3. The first-order valence-electron chi connectivity index (χ1n) is 5.15. The van der Waals surface area contributed by atoms with Crippen molar-refractivity contribution in [1.29, 1.82) is 5.26 Å². The highest BCUT2D eigenvalue weighted by Gasteiger charge is 2.31. The topological polar surface area (TPSA) is 67.2 Å². The Balaban J connectivity index is 3.00. The molecule has 0 radical (unpaired) electrons. The van der Waals surface area contributed by atoms with Gasteiger partial charge in [-0.2, -0.15) is 13.7 Å². The van der Waals surface area contributed by atoms with Crippen molar-refractivity contribution in [1.82, 2.24) is 0 Å². The zero-order valence-electron chi connectivity index (χ0n) is 10.0. The summed E-state index contributed by atoms with van der Waals surface area (Å²) in [5.41, 5.74) is -0.559. The molecule has 0 unspecified atom stereocenters. The van der Waals surface area contributed by atoms with E-state index in [1.807, 2.05) is 6.07 Å². The molecule has 0 spiro atoms. The minimum absolute atomic E-state index is 0.0597. The van der Waals surface area contributed by atoms with Crippen molar-refractivity contribution in [2.45, 2.75) is 31.8 Å². The predicted octanol–water partition coefficient (Wildman–Crippen LogP) is 2.33. The van der Waals surface area contributed by atoms with E-state index in [9.17, 15) is 8.42 Å². The molecule has 1 rings (SSSR count). The lowest BCUT2D eigenvalue weighted by Crippen LogP contribution is -2.30. The van der Waals surface area contributed by atoms with E-state index in [0.29, 0.717) is 0 Å². The SMILES string of the molecule is CC(C)(C)[C@H](C#N)OS(=O)(=O)c1ccccc1. The third-order valence-electron chi connectivity index (χ3n) is 2.16. The molecule has 0 heterocycles. The summed E-state index contributed by atoms with van der Waals surface area (Å²) in [6.45, 7) is 5.25. The van der Waals surface area contributed by atoms with Gasteiger partial charge < -0.3 is 0 Å². The Morgan fingerprint density at radius 2 is 1.76 bits per heavy atom. The highest BCUT2D eigenvalue weighted by Crippen LogP contribution is 2.25. The maximum absolute atomic E-state index is 11.9. The van der Waals surface area contributed by atoms with Crippen molar-refractivity contribution in [2.75, 3.05) is 0 Å². The van der Waals surface area contributed by atoms with Gasteiger partial charge in [0, 0.05) is 5.41 Å². The molecule has 0 saturated carbocycles. The fourth-order valence-electron chi connectivity index (χ4n) is 1.13. The Bertz CT molecular complexity index is 509. The molecule has 5 heteroatoms. The number of benzene rings is 1. The van der Waals surface area contributed by atoms with Gasteiger partial charge in [-0.05, 0) is 12.1 Å². The molecule has 1 aromatic carbocycles.